The number of nitrogens with one attached hydrogen (secondary N) is 2. The molecule has 1 atom stereocenters. The van der Waals surface area contributed by atoms with Gasteiger partial charge in [0.2, 0.25) is 5.91 Å². The predicted molar refractivity (Wildman–Crippen MR) is 77.3 cm³/mol. The molecule has 0 radical (unpaired) electrons. The molecule has 2 aromatic rings. The second-order valence-electron chi connectivity index (χ2n) is 5.46. The van der Waals surface area contributed by atoms with Gasteiger partial charge in [0.1, 0.15) is 5.76 Å². The largest absolute Gasteiger partial charge is 0.467 e. The molecule has 1 aliphatic heterocycles. The summed E-state index contributed by atoms with van der Waals surface area (Å²) in [5.41, 5.74) is 2.22. The topological polar surface area (TPSA) is 74.2 Å². The monoisotopic (exact) mass is 288 g/mol. The second-order valence-corrected chi connectivity index (χ2v) is 5.46. The van der Waals surface area contributed by atoms with E-state index in [1.165, 1.54) is 0 Å². The Bertz CT molecular complexity index is 591. The van der Waals surface area contributed by atoms with E-state index < -0.39 is 0 Å². The van der Waals surface area contributed by atoms with Gasteiger partial charge in [0.05, 0.1) is 30.7 Å². The average molecular weight is 288 g/mol. The highest BCUT2D eigenvalue weighted by molar-refractivity contribution is 5.81. The lowest BCUT2D eigenvalue weighted by atomic mass is 10.2. The van der Waals surface area contributed by atoms with E-state index in [2.05, 4.69) is 20.4 Å². The maximum atomic E-state index is 12.3. The summed E-state index contributed by atoms with van der Waals surface area (Å²) in [5, 5.41) is 10.00. The molecule has 1 aliphatic rings. The summed E-state index contributed by atoms with van der Waals surface area (Å²) < 4.78 is 5.23. The van der Waals surface area contributed by atoms with E-state index in [4.69, 9.17) is 4.42 Å². The summed E-state index contributed by atoms with van der Waals surface area (Å²) in [5.74, 6) is 0.846. The van der Waals surface area contributed by atoms with E-state index in [1.54, 1.807) is 6.26 Å². The first-order valence-corrected chi connectivity index (χ1v) is 7.27. The van der Waals surface area contributed by atoms with Gasteiger partial charge in [-0.15, -0.1) is 0 Å². The Labute approximate surface area is 123 Å². The number of rotatable bonds is 5. The van der Waals surface area contributed by atoms with Gasteiger partial charge in [-0.3, -0.25) is 14.8 Å². The molecule has 1 amide bonds. The normalized spacial score (nSPS) is 19.0. The van der Waals surface area contributed by atoms with Crippen LogP contribution in [0.4, 0.5) is 0 Å². The van der Waals surface area contributed by atoms with Crippen LogP contribution < -0.4 is 5.32 Å². The van der Waals surface area contributed by atoms with Gasteiger partial charge in [0.25, 0.3) is 0 Å². The zero-order valence-corrected chi connectivity index (χ0v) is 12.1. The van der Waals surface area contributed by atoms with E-state index in [1.807, 2.05) is 25.3 Å². The van der Waals surface area contributed by atoms with Crippen molar-refractivity contribution in [3.05, 3.63) is 41.6 Å². The number of aryl methyl sites for hydroxylation is 1. The van der Waals surface area contributed by atoms with Crippen molar-refractivity contribution in [3.8, 4) is 0 Å². The van der Waals surface area contributed by atoms with Gasteiger partial charge in [0, 0.05) is 6.54 Å². The predicted octanol–water partition coefficient (Wildman–Crippen LogP) is 1.59. The molecular weight excluding hydrogens is 268 g/mol. The molecule has 0 bridgehead atoms. The highest BCUT2D eigenvalue weighted by atomic mass is 16.3. The molecule has 0 spiro atoms. The van der Waals surface area contributed by atoms with Gasteiger partial charge in [-0.1, -0.05) is 0 Å². The Balaban J connectivity index is 1.58. The molecule has 6 nitrogen and oxygen atoms in total. The summed E-state index contributed by atoms with van der Waals surface area (Å²) in [4.78, 5) is 14.6. The number of hydrogen-bond acceptors (Lipinski definition) is 4. The zero-order chi connectivity index (χ0) is 14.7. The fraction of sp³-hybridized carbons (Fsp3) is 0.467. The van der Waals surface area contributed by atoms with E-state index >= 15 is 0 Å². The lowest BCUT2D eigenvalue weighted by Gasteiger charge is -2.23. The highest BCUT2D eigenvalue weighted by Crippen LogP contribution is 2.20. The first kappa shape index (κ1) is 13.9. The average Bonchev–Trinajstić information content (AvgIpc) is 3.20. The van der Waals surface area contributed by atoms with Crippen LogP contribution in [0.25, 0.3) is 0 Å². The number of likely N-dealkylation sites (tertiary alicyclic amines) is 1. The number of aromatic amines is 1. The van der Waals surface area contributed by atoms with Gasteiger partial charge < -0.3 is 9.73 Å². The van der Waals surface area contributed by atoms with Crippen LogP contribution >= 0.6 is 0 Å². The molecule has 2 aromatic heterocycles. The highest BCUT2D eigenvalue weighted by Gasteiger charge is 2.31. The van der Waals surface area contributed by atoms with E-state index in [-0.39, 0.29) is 11.9 Å². The van der Waals surface area contributed by atoms with Crippen LogP contribution in [-0.4, -0.2) is 33.6 Å². The van der Waals surface area contributed by atoms with Crippen LogP contribution in [0.15, 0.2) is 29.0 Å². The van der Waals surface area contributed by atoms with Crippen LogP contribution in [0.3, 0.4) is 0 Å². The van der Waals surface area contributed by atoms with Crippen molar-refractivity contribution in [3.63, 3.8) is 0 Å². The molecule has 21 heavy (non-hydrogen) atoms. The Kier molecular flexibility index (Phi) is 4.06. The number of amides is 1. The lowest BCUT2D eigenvalue weighted by Crippen LogP contribution is -2.42. The number of nitrogens with zero attached hydrogens (tertiary/aromatic N) is 2. The van der Waals surface area contributed by atoms with Gasteiger partial charge in [0.15, 0.2) is 0 Å². The van der Waals surface area contributed by atoms with Crippen LogP contribution in [0.5, 0.6) is 0 Å². The van der Waals surface area contributed by atoms with E-state index in [9.17, 15) is 4.79 Å². The smallest absolute Gasteiger partial charge is 0.237 e. The molecule has 3 rings (SSSR count). The zero-order valence-electron chi connectivity index (χ0n) is 12.1. The third-order valence-electron chi connectivity index (χ3n) is 3.98. The van der Waals surface area contributed by atoms with Crippen LogP contribution in [0.2, 0.25) is 0 Å². The Morgan fingerprint density at radius 1 is 1.62 bits per heavy atom. The summed E-state index contributed by atoms with van der Waals surface area (Å²) >= 11 is 0. The van der Waals surface area contributed by atoms with Crippen LogP contribution in [0, 0.1) is 6.92 Å². The van der Waals surface area contributed by atoms with Crippen LogP contribution in [-0.2, 0) is 17.9 Å². The first-order valence-electron chi connectivity index (χ1n) is 7.27. The molecule has 0 aliphatic carbocycles. The number of H-pyrrole nitrogens is 1. The van der Waals surface area contributed by atoms with Gasteiger partial charge in [-0.25, -0.2) is 0 Å². The second kappa shape index (κ2) is 6.13. The molecular formula is C15H20N4O2. The molecule has 6 heteroatoms. The molecule has 2 N–H and O–H groups in total. The third kappa shape index (κ3) is 3.16. The van der Waals surface area contributed by atoms with Crippen molar-refractivity contribution in [1.29, 1.82) is 0 Å². The van der Waals surface area contributed by atoms with Crippen molar-refractivity contribution < 1.29 is 9.21 Å². The Hall–Kier alpha value is -2.08. The van der Waals surface area contributed by atoms with E-state index in [0.717, 1.165) is 42.9 Å². The molecule has 1 fully saturated rings. The lowest BCUT2D eigenvalue weighted by molar-refractivity contribution is -0.125. The number of hydrogen-bond donors (Lipinski definition) is 2. The maximum Gasteiger partial charge on any atom is 0.237 e. The fourth-order valence-corrected chi connectivity index (χ4v) is 2.75. The molecule has 0 aromatic carbocycles. The molecule has 1 unspecified atom stereocenters. The fourth-order valence-electron chi connectivity index (χ4n) is 2.75. The summed E-state index contributed by atoms with van der Waals surface area (Å²) in [6.07, 6.45) is 5.38. The number of furan rings is 1. The van der Waals surface area contributed by atoms with Crippen molar-refractivity contribution in [2.75, 3.05) is 6.54 Å². The molecule has 0 saturated carbocycles. The van der Waals surface area contributed by atoms with Crippen molar-refractivity contribution in [2.24, 2.45) is 0 Å². The van der Waals surface area contributed by atoms with E-state index in [0.29, 0.717) is 6.54 Å². The maximum absolute atomic E-state index is 12.3. The molecule has 3 heterocycles. The number of aromatic nitrogens is 2. The SMILES string of the molecule is Cc1cn[nH]c1CN1CCCC1C(=O)NCc1ccco1. The van der Waals surface area contributed by atoms with Gasteiger partial charge in [-0.2, -0.15) is 5.10 Å². The Morgan fingerprint density at radius 2 is 2.52 bits per heavy atom. The summed E-state index contributed by atoms with van der Waals surface area (Å²) in [7, 11) is 0. The number of carbonyl (C=O) groups excluding carboxylic acids is 1. The standard InChI is InChI=1S/C15H20N4O2/c1-11-8-17-18-13(11)10-19-6-2-5-14(19)15(20)16-9-12-4-3-7-21-12/h3-4,7-8,14H,2,5-6,9-10H2,1H3,(H,16,20)(H,17,18). The Morgan fingerprint density at radius 3 is 3.24 bits per heavy atom. The third-order valence-corrected chi connectivity index (χ3v) is 3.98. The van der Waals surface area contributed by atoms with Crippen molar-refractivity contribution in [2.45, 2.75) is 38.9 Å². The minimum Gasteiger partial charge on any atom is -0.467 e. The quantitative estimate of drug-likeness (QED) is 0.876. The summed E-state index contributed by atoms with van der Waals surface area (Å²) in [6, 6.07) is 3.62. The van der Waals surface area contributed by atoms with Crippen molar-refractivity contribution >= 4 is 5.91 Å². The van der Waals surface area contributed by atoms with Crippen LogP contribution in [0.1, 0.15) is 29.9 Å². The summed E-state index contributed by atoms with van der Waals surface area (Å²) in [6.45, 7) is 4.15. The number of carbonyl (C=O) groups is 1. The minimum absolute atomic E-state index is 0.0670. The first-order chi connectivity index (χ1) is 10.2. The van der Waals surface area contributed by atoms with Gasteiger partial charge in [-0.05, 0) is 44.0 Å². The van der Waals surface area contributed by atoms with Crippen molar-refractivity contribution in [1.82, 2.24) is 20.4 Å². The molecule has 1 saturated heterocycles. The minimum atomic E-state index is -0.0670. The molecule has 112 valence electrons. The van der Waals surface area contributed by atoms with Gasteiger partial charge >= 0.3 is 0 Å².